The van der Waals surface area contributed by atoms with Crippen molar-refractivity contribution in [2.75, 3.05) is 11.5 Å². The number of rotatable bonds is 31. The molecule has 504 valence electrons. The number of hydrogen-bond donors (Lipinski definition) is 0. The number of esters is 2. The fourth-order valence-electron chi connectivity index (χ4n) is 7.41. The molecule has 0 aliphatic heterocycles. The third-order valence-electron chi connectivity index (χ3n) is 12.6. The number of aryl methyl sites for hydroxylation is 1. The van der Waals surface area contributed by atoms with Gasteiger partial charge in [0, 0.05) is 55.7 Å². The molecule has 0 saturated carbocycles. The molecule has 2 aromatic carbocycles. The highest BCUT2D eigenvalue weighted by Gasteiger charge is 2.97. The highest BCUT2D eigenvalue weighted by atomic mass is 32.2. The average molecular weight is 1380 g/mol. The molecule has 0 spiro atoms. The number of carbonyl (C=O) groups is 2. The maximum atomic E-state index is 14.8. The Kier molecular flexibility index (Phi) is 23.3. The van der Waals surface area contributed by atoms with Crippen LogP contribution in [0.25, 0.3) is 0 Å². The van der Waals surface area contributed by atoms with Crippen molar-refractivity contribution >= 4 is 35.5 Å². The zero-order valence-corrected chi connectivity index (χ0v) is 45.6. The van der Waals surface area contributed by atoms with E-state index in [1.54, 1.807) is 6.92 Å². The Bertz CT molecular complexity index is 2720. The molecule has 0 fully saturated rings. The summed E-state index contributed by atoms with van der Waals surface area (Å²) < 4.78 is 482. The van der Waals surface area contributed by atoms with Crippen molar-refractivity contribution in [1.29, 1.82) is 0 Å². The summed E-state index contributed by atoms with van der Waals surface area (Å²) in [7, 11) is 0. The van der Waals surface area contributed by atoms with Crippen LogP contribution < -0.4 is 9.47 Å². The minimum absolute atomic E-state index is 0.0200. The molecule has 0 heterocycles. The van der Waals surface area contributed by atoms with Gasteiger partial charge in [0.2, 0.25) is 0 Å². The smallest absolute Gasteiger partial charge is 0.426 e. The van der Waals surface area contributed by atoms with Crippen molar-refractivity contribution in [2.24, 2.45) is 0 Å². The van der Waals surface area contributed by atoms with Crippen LogP contribution in [0.15, 0.2) is 24.3 Å². The minimum atomic E-state index is -8.87. The van der Waals surface area contributed by atoms with Gasteiger partial charge >= 0.3 is 107 Å². The molecule has 4 nitrogen and oxygen atoms in total. The zero-order chi connectivity index (χ0) is 68.8. The number of alkyl halides is 34. The lowest BCUT2D eigenvalue weighted by atomic mass is 9.88. The number of ether oxygens (including phenoxy) is 2. The molecular formula is C47H42F34O4S2. The average Bonchev–Trinajstić information content (AvgIpc) is 0.718. The number of thioether (sulfide) groups is 2. The zero-order valence-electron chi connectivity index (χ0n) is 44.0. The van der Waals surface area contributed by atoms with Crippen molar-refractivity contribution in [3.8, 4) is 11.5 Å². The van der Waals surface area contributed by atoms with Gasteiger partial charge in [0.05, 0.1) is 0 Å². The summed E-state index contributed by atoms with van der Waals surface area (Å²) in [5.41, 5.74) is -0.954. The van der Waals surface area contributed by atoms with Gasteiger partial charge in [-0.2, -0.15) is 173 Å². The fraction of sp³-hybridized carbons (Fsp3) is 0.702. The predicted molar refractivity (Wildman–Crippen MR) is 239 cm³/mol. The van der Waals surface area contributed by atoms with Gasteiger partial charge in [-0.15, -0.1) is 0 Å². The highest BCUT2D eigenvalue weighted by molar-refractivity contribution is 7.98. The van der Waals surface area contributed by atoms with Crippen molar-refractivity contribution in [3.63, 3.8) is 0 Å². The van der Waals surface area contributed by atoms with Crippen LogP contribution >= 0.6 is 23.5 Å². The third-order valence-corrected chi connectivity index (χ3v) is 14.7. The van der Waals surface area contributed by atoms with Crippen LogP contribution in [0.2, 0.25) is 0 Å². The summed E-state index contributed by atoms with van der Waals surface area (Å²) in [6.07, 6.45) is -21.9. The van der Waals surface area contributed by atoms with Crippen molar-refractivity contribution < 1.29 is 168 Å². The highest BCUT2D eigenvalue weighted by Crippen LogP contribution is 2.66. The van der Waals surface area contributed by atoms with E-state index >= 15 is 0 Å². The summed E-state index contributed by atoms with van der Waals surface area (Å²) in [6.45, 7) is 6.14. The second-order valence-corrected chi connectivity index (χ2v) is 21.3. The van der Waals surface area contributed by atoms with Gasteiger partial charge in [-0.05, 0) is 58.9 Å². The Morgan fingerprint density at radius 1 is 0.414 bits per heavy atom. The molecule has 0 aliphatic rings. The van der Waals surface area contributed by atoms with E-state index in [9.17, 15) is 159 Å². The van der Waals surface area contributed by atoms with Crippen LogP contribution in [0.3, 0.4) is 0 Å². The van der Waals surface area contributed by atoms with Crippen LogP contribution in [0.1, 0.15) is 106 Å². The van der Waals surface area contributed by atoms with Crippen LogP contribution in [0, 0.1) is 0 Å². The minimum Gasteiger partial charge on any atom is -0.426 e. The molecule has 0 N–H and O–H groups in total. The first kappa shape index (κ1) is 78.8. The predicted octanol–water partition coefficient (Wildman–Crippen LogP) is 19.2. The molecule has 1 unspecified atom stereocenters. The van der Waals surface area contributed by atoms with Gasteiger partial charge < -0.3 is 9.47 Å². The number of hydrogen-bond acceptors (Lipinski definition) is 6. The first-order valence-electron chi connectivity index (χ1n) is 23.8. The van der Waals surface area contributed by atoms with Crippen LogP contribution in [0.4, 0.5) is 149 Å². The quantitative estimate of drug-likeness (QED) is 0.0325. The van der Waals surface area contributed by atoms with E-state index in [0.717, 1.165) is 38.1 Å². The van der Waals surface area contributed by atoms with E-state index in [1.165, 1.54) is 13.8 Å². The summed E-state index contributed by atoms with van der Waals surface area (Å²) >= 11 is -0.0638. The molecule has 87 heavy (non-hydrogen) atoms. The second kappa shape index (κ2) is 25.8. The lowest BCUT2D eigenvalue weighted by Gasteiger charge is -2.42. The maximum absolute atomic E-state index is 14.8. The summed E-state index contributed by atoms with van der Waals surface area (Å²) in [5, 5.41) is 0. The molecule has 2 aromatic rings. The summed E-state index contributed by atoms with van der Waals surface area (Å²) in [5.74, 6) is -125. The largest absolute Gasteiger partial charge is 0.460 e. The summed E-state index contributed by atoms with van der Waals surface area (Å²) in [4.78, 5) is 24.9. The van der Waals surface area contributed by atoms with E-state index in [4.69, 9.17) is 9.47 Å². The Morgan fingerprint density at radius 2 is 0.701 bits per heavy atom. The SMILES string of the molecule is CCCCc1cc(CSCCC(F)(F)C(F)(F)C(F)(F)C(F)(F)C(F)(F)C(F)(F)C(F)(F)C(F)(F)F)cc(Cc2cc(CSCCC(F)(F)C(F)(F)C(F)(F)C(F)(F)C(F)(F)C(F)(F)C(F)(F)C(F)(F)F)cc(C(C)CC)c2OC(C)=O)c1OC(C)=O. The first-order chi connectivity index (χ1) is 38.5. The lowest BCUT2D eigenvalue weighted by molar-refractivity contribution is -0.461. The first-order valence-corrected chi connectivity index (χ1v) is 26.1. The van der Waals surface area contributed by atoms with Gasteiger partial charge in [-0.3, -0.25) is 9.59 Å². The van der Waals surface area contributed by atoms with Gasteiger partial charge in [-0.25, -0.2) is 0 Å². The normalized spacial score (nSPS) is 15.3. The van der Waals surface area contributed by atoms with E-state index < -0.39 is 155 Å². The second-order valence-electron chi connectivity index (χ2n) is 19.1. The van der Waals surface area contributed by atoms with Gasteiger partial charge in [0.25, 0.3) is 0 Å². The molecule has 0 saturated heterocycles. The van der Waals surface area contributed by atoms with Crippen molar-refractivity contribution in [2.45, 2.75) is 192 Å². The molecule has 0 bridgehead atoms. The topological polar surface area (TPSA) is 52.6 Å². The number of carbonyl (C=O) groups excluding carboxylic acids is 2. The van der Waals surface area contributed by atoms with E-state index in [1.807, 2.05) is 0 Å². The van der Waals surface area contributed by atoms with Gasteiger partial charge in [-0.1, -0.05) is 51.5 Å². The van der Waals surface area contributed by atoms with Crippen LogP contribution in [0.5, 0.6) is 11.5 Å². The van der Waals surface area contributed by atoms with Gasteiger partial charge in [0.1, 0.15) is 11.5 Å². The molecule has 0 aromatic heterocycles. The number of halogens is 34. The Morgan fingerprint density at radius 3 is 1.01 bits per heavy atom. The molecule has 0 radical (unpaired) electrons. The Balaban J connectivity index is 2.70. The summed E-state index contributed by atoms with van der Waals surface area (Å²) in [6, 6.07) is 4.20. The van der Waals surface area contributed by atoms with Crippen LogP contribution in [-0.2, 0) is 33.9 Å². The lowest BCUT2D eigenvalue weighted by Crippen LogP contribution is -2.74. The van der Waals surface area contributed by atoms with Crippen molar-refractivity contribution in [3.05, 3.63) is 57.6 Å². The number of unbranched alkanes of at least 4 members (excludes halogenated alkanes) is 1. The Hall–Kier alpha value is -4.30. The van der Waals surface area contributed by atoms with Crippen LogP contribution in [-0.4, -0.2) is 119 Å². The molecule has 1 atom stereocenters. The third kappa shape index (κ3) is 14.1. The number of benzene rings is 2. The molecule has 0 amide bonds. The molecule has 40 heteroatoms. The standard InChI is InChI=1S/C47H42F34O4S2/c1-6-8-9-26-14-24(19-86-12-10-32(48,49)34(52,53)36(56,57)38(60,61)40(64,65)42(68,69)44(72,73)46(76,77)78)15-27(30(26)84-22(4)82)18-28-16-25(17-29(21(3)7-2)31(28)85-23(5)83)20-87-13-11-33(50,51)35(54,55)37(58,59)39(62,63)41(66,67)43(70,71)45(74,75)47(79,80)81/h14-17,21H,6-13,18-20H2,1-5H3. The van der Waals surface area contributed by atoms with E-state index in [2.05, 4.69) is 0 Å². The monoisotopic (exact) mass is 1380 g/mol. The molecular weight excluding hydrogens is 1340 g/mol. The van der Waals surface area contributed by atoms with E-state index in [-0.39, 0.29) is 87.7 Å². The van der Waals surface area contributed by atoms with E-state index in [0.29, 0.717) is 6.42 Å². The molecule has 0 aliphatic carbocycles. The maximum Gasteiger partial charge on any atom is 0.460 e. The fourth-order valence-corrected chi connectivity index (χ4v) is 9.31. The van der Waals surface area contributed by atoms with Crippen molar-refractivity contribution in [1.82, 2.24) is 0 Å². The Labute approximate surface area is 476 Å². The molecule has 2 rings (SSSR count). The van der Waals surface area contributed by atoms with Gasteiger partial charge in [0.15, 0.2) is 0 Å².